The molecule has 0 N–H and O–H groups in total. The Morgan fingerprint density at radius 1 is 0.818 bits per heavy atom. The molecule has 2 aromatic carbocycles. The number of hydrogen-bond donors (Lipinski definition) is 0. The van der Waals surface area contributed by atoms with Gasteiger partial charge >= 0.3 is 0 Å². The van der Waals surface area contributed by atoms with Crippen LogP contribution in [0, 0.1) is 0 Å². The molecule has 22 heavy (non-hydrogen) atoms. The third-order valence-corrected chi connectivity index (χ3v) is 2.91. The predicted molar refractivity (Wildman–Crippen MR) is 90.1 cm³/mol. The minimum atomic E-state index is -0.338. The molecule has 118 valence electrons. The standard InChI is InChI=1S/C19H24O3/c1-18(2,3)21-16-9-7-8-14-15(16)10-13(12-20)11-17(14)22-19(4,5)6/h7-12H,1-6H3. The summed E-state index contributed by atoms with van der Waals surface area (Å²) < 4.78 is 12.1. The molecule has 2 rings (SSSR count). The predicted octanol–water partition coefficient (Wildman–Crippen LogP) is 5.01. The molecule has 0 saturated heterocycles. The lowest BCUT2D eigenvalue weighted by Crippen LogP contribution is -2.24. The second kappa shape index (κ2) is 5.64. The second-order valence-corrected chi connectivity index (χ2v) is 7.42. The number of fused-ring (bicyclic) bond motifs is 1. The average Bonchev–Trinajstić information content (AvgIpc) is 2.35. The highest BCUT2D eigenvalue weighted by Gasteiger charge is 2.18. The van der Waals surface area contributed by atoms with Gasteiger partial charge in [0, 0.05) is 16.3 Å². The zero-order chi connectivity index (χ0) is 16.5. The first-order valence-corrected chi connectivity index (χ1v) is 7.49. The van der Waals surface area contributed by atoms with Crippen LogP contribution in [0.4, 0.5) is 0 Å². The summed E-state index contributed by atoms with van der Waals surface area (Å²) in [6.45, 7) is 12.0. The lowest BCUT2D eigenvalue weighted by atomic mass is 10.0. The summed E-state index contributed by atoms with van der Waals surface area (Å²) in [4.78, 5) is 11.3. The van der Waals surface area contributed by atoms with Crippen LogP contribution in [0.15, 0.2) is 30.3 Å². The van der Waals surface area contributed by atoms with E-state index in [1.807, 2.05) is 65.8 Å². The van der Waals surface area contributed by atoms with Crippen LogP contribution in [-0.4, -0.2) is 17.5 Å². The molecule has 0 aliphatic heterocycles. The van der Waals surface area contributed by atoms with Crippen molar-refractivity contribution in [2.45, 2.75) is 52.7 Å². The number of carbonyl (C=O) groups excluding carboxylic acids is 1. The van der Waals surface area contributed by atoms with Gasteiger partial charge in [-0.15, -0.1) is 0 Å². The zero-order valence-corrected chi connectivity index (χ0v) is 14.2. The highest BCUT2D eigenvalue weighted by atomic mass is 16.5. The molecule has 0 heterocycles. The number of benzene rings is 2. The fourth-order valence-corrected chi connectivity index (χ4v) is 2.25. The van der Waals surface area contributed by atoms with Gasteiger partial charge in [0.2, 0.25) is 0 Å². The van der Waals surface area contributed by atoms with Gasteiger partial charge in [-0.2, -0.15) is 0 Å². The first-order chi connectivity index (χ1) is 10.1. The third-order valence-electron chi connectivity index (χ3n) is 2.91. The quantitative estimate of drug-likeness (QED) is 0.748. The van der Waals surface area contributed by atoms with Crippen LogP contribution in [0.2, 0.25) is 0 Å². The monoisotopic (exact) mass is 300 g/mol. The van der Waals surface area contributed by atoms with Crippen LogP contribution in [-0.2, 0) is 0 Å². The van der Waals surface area contributed by atoms with Gasteiger partial charge in [-0.25, -0.2) is 0 Å². The van der Waals surface area contributed by atoms with Crippen LogP contribution in [0.25, 0.3) is 10.8 Å². The molecule has 0 saturated carbocycles. The van der Waals surface area contributed by atoms with Crippen LogP contribution < -0.4 is 9.47 Å². The van der Waals surface area contributed by atoms with Crippen LogP contribution >= 0.6 is 0 Å². The van der Waals surface area contributed by atoms with Gasteiger partial charge < -0.3 is 9.47 Å². The maximum absolute atomic E-state index is 11.3. The van der Waals surface area contributed by atoms with Gasteiger partial charge in [0.15, 0.2) is 0 Å². The van der Waals surface area contributed by atoms with Crippen molar-refractivity contribution in [3.05, 3.63) is 35.9 Å². The van der Waals surface area contributed by atoms with Crippen molar-refractivity contribution in [3.8, 4) is 11.5 Å². The molecule has 0 amide bonds. The topological polar surface area (TPSA) is 35.5 Å². The fourth-order valence-electron chi connectivity index (χ4n) is 2.25. The Kier molecular flexibility index (Phi) is 4.19. The van der Waals surface area contributed by atoms with Crippen molar-refractivity contribution in [3.63, 3.8) is 0 Å². The molecule has 3 heteroatoms. The number of rotatable bonds is 3. The summed E-state index contributed by atoms with van der Waals surface area (Å²) in [7, 11) is 0. The Hall–Kier alpha value is -2.03. The van der Waals surface area contributed by atoms with Crippen molar-refractivity contribution >= 4 is 17.1 Å². The van der Waals surface area contributed by atoms with Gasteiger partial charge in [-0.05, 0) is 59.7 Å². The molecule has 0 spiro atoms. The lowest BCUT2D eigenvalue weighted by Gasteiger charge is -2.25. The first kappa shape index (κ1) is 16.3. The average molecular weight is 300 g/mol. The van der Waals surface area contributed by atoms with Gasteiger partial charge in [0.25, 0.3) is 0 Å². The summed E-state index contributed by atoms with van der Waals surface area (Å²) in [5.41, 5.74) is -0.0667. The maximum Gasteiger partial charge on any atom is 0.150 e. The van der Waals surface area contributed by atoms with Gasteiger partial charge in [-0.3, -0.25) is 4.79 Å². The molecule has 0 aliphatic carbocycles. The van der Waals surface area contributed by atoms with Gasteiger partial charge in [0.05, 0.1) is 0 Å². The van der Waals surface area contributed by atoms with E-state index in [1.54, 1.807) is 6.07 Å². The second-order valence-electron chi connectivity index (χ2n) is 7.42. The largest absolute Gasteiger partial charge is 0.488 e. The van der Waals surface area contributed by atoms with E-state index >= 15 is 0 Å². The normalized spacial score (nSPS) is 12.3. The number of hydrogen-bond acceptors (Lipinski definition) is 3. The number of ether oxygens (including phenoxy) is 2. The van der Waals surface area contributed by atoms with E-state index in [1.165, 1.54) is 0 Å². The molecule has 3 nitrogen and oxygen atoms in total. The van der Waals surface area contributed by atoms with E-state index in [0.717, 1.165) is 22.8 Å². The van der Waals surface area contributed by atoms with Crippen LogP contribution in [0.5, 0.6) is 11.5 Å². The van der Waals surface area contributed by atoms with E-state index in [0.29, 0.717) is 11.3 Å². The summed E-state index contributed by atoms with van der Waals surface area (Å²) >= 11 is 0. The third kappa shape index (κ3) is 4.00. The molecular weight excluding hydrogens is 276 g/mol. The Morgan fingerprint density at radius 3 is 1.95 bits per heavy atom. The maximum atomic E-state index is 11.3. The van der Waals surface area contributed by atoms with Crippen LogP contribution in [0.1, 0.15) is 51.9 Å². The van der Waals surface area contributed by atoms with Crippen molar-refractivity contribution in [1.82, 2.24) is 0 Å². The molecule has 2 aromatic rings. The van der Waals surface area contributed by atoms with Crippen molar-refractivity contribution in [1.29, 1.82) is 0 Å². The highest BCUT2D eigenvalue weighted by Crippen LogP contribution is 2.36. The molecule has 0 radical (unpaired) electrons. The Balaban J connectivity index is 2.66. The highest BCUT2D eigenvalue weighted by molar-refractivity contribution is 5.97. The Bertz CT molecular complexity index is 688. The van der Waals surface area contributed by atoms with Gasteiger partial charge in [-0.1, -0.05) is 12.1 Å². The van der Waals surface area contributed by atoms with Crippen molar-refractivity contribution in [2.75, 3.05) is 0 Å². The molecule has 0 bridgehead atoms. The molecule has 0 atom stereocenters. The van der Waals surface area contributed by atoms with Crippen molar-refractivity contribution in [2.24, 2.45) is 0 Å². The summed E-state index contributed by atoms with van der Waals surface area (Å²) in [6, 6.07) is 9.48. The molecule has 0 fully saturated rings. The van der Waals surface area contributed by atoms with E-state index in [9.17, 15) is 4.79 Å². The van der Waals surface area contributed by atoms with Crippen molar-refractivity contribution < 1.29 is 14.3 Å². The van der Waals surface area contributed by atoms with E-state index < -0.39 is 0 Å². The van der Waals surface area contributed by atoms with E-state index in [4.69, 9.17) is 9.47 Å². The lowest BCUT2D eigenvalue weighted by molar-refractivity contribution is 0.111. The minimum absolute atomic E-state index is 0.309. The van der Waals surface area contributed by atoms with E-state index in [-0.39, 0.29) is 11.2 Å². The first-order valence-electron chi connectivity index (χ1n) is 7.49. The summed E-state index contributed by atoms with van der Waals surface area (Å²) in [5, 5.41) is 1.84. The zero-order valence-electron chi connectivity index (χ0n) is 14.2. The fraction of sp³-hybridized carbons (Fsp3) is 0.421. The summed E-state index contributed by atoms with van der Waals surface area (Å²) in [6.07, 6.45) is 0.836. The summed E-state index contributed by atoms with van der Waals surface area (Å²) in [5.74, 6) is 1.46. The van der Waals surface area contributed by atoms with E-state index in [2.05, 4.69) is 0 Å². The smallest absolute Gasteiger partial charge is 0.150 e. The number of carbonyl (C=O) groups is 1. The Morgan fingerprint density at radius 2 is 1.41 bits per heavy atom. The molecule has 0 aromatic heterocycles. The number of aldehydes is 1. The van der Waals surface area contributed by atoms with Crippen LogP contribution in [0.3, 0.4) is 0 Å². The van der Waals surface area contributed by atoms with Gasteiger partial charge in [0.1, 0.15) is 29.0 Å². The SMILES string of the molecule is CC(C)(C)Oc1cc(C=O)cc2c(OC(C)(C)C)cccc12. The molecule has 0 unspecified atom stereocenters. The Labute approximate surface area is 132 Å². The molecule has 0 aliphatic rings. The molecular formula is C19H24O3. The minimum Gasteiger partial charge on any atom is -0.488 e.